The van der Waals surface area contributed by atoms with Crippen LogP contribution in [0.4, 0.5) is 10.5 Å². The van der Waals surface area contributed by atoms with Gasteiger partial charge in [-0.25, -0.2) is 14.6 Å². The zero-order chi connectivity index (χ0) is 15.4. The fraction of sp³-hybridized carbons (Fsp3) is 0.167. The summed E-state index contributed by atoms with van der Waals surface area (Å²) in [6.45, 7) is 0.126. The first-order valence-corrected chi connectivity index (χ1v) is 5.91. The number of amides is 2. The van der Waals surface area contributed by atoms with Crippen LogP contribution in [-0.4, -0.2) is 37.0 Å². The van der Waals surface area contributed by atoms with E-state index in [4.69, 9.17) is 5.11 Å². The number of hydrogen-bond acceptors (Lipinski definition) is 5. The molecule has 0 atom stereocenters. The Bertz CT molecular complexity index is 682. The van der Waals surface area contributed by atoms with Gasteiger partial charge in [0, 0.05) is 7.05 Å². The number of phenolic OH excluding ortho intramolecular Hbond substituents is 1. The van der Waals surface area contributed by atoms with Gasteiger partial charge in [-0.05, 0) is 18.2 Å². The molecular formula is C12H13N5O4. The van der Waals surface area contributed by atoms with Gasteiger partial charge in [-0.3, -0.25) is 4.68 Å². The second-order valence-electron chi connectivity index (χ2n) is 4.18. The van der Waals surface area contributed by atoms with Gasteiger partial charge in [0.25, 0.3) is 0 Å². The van der Waals surface area contributed by atoms with Crippen LogP contribution in [0.25, 0.3) is 0 Å². The standard InChI is InChI=1S/C12H13N5O4/c1-17-6-14-10(16-17)5-13-12(21)15-8-3-2-7(11(19)20)4-9(8)18/h2-4,6,18H,5H2,1H3,(H,19,20)(H2,13,15,21). The molecule has 0 radical (unpaired) electrons. The van der Waals surface area contributed by atoms with E-state index in [1.807, 2.05) is 0 Å². The van der Waals surface area contributed by atoms with Crippen molar-refractivity contribution in [1.82, 2.24) is 20.1 Å². The summed E-state index contributed by atoms with van der Waals surface area (Å²) in [5.74, 6) is -1.05. The second-order valence-corrected chi connectivity index (χ2v) is 4.18. The zero-order valence-electron chi connectivity index (χ0n) is 11.1. The molecule has 2 amide bonds. The average molecular weight is 291 g/mol. The van der Waals surface area contributed by atoms with Crippen molar-refractivity contribution in [2.45, 2.75) is 6.54 Å². The van der Waals surface area contributed by atoms with Crippen molar-refractivity contribution in [1.29, 1.82) is 0 Å². The van der Waals surface area contributed by atoms with Crippen LogP contribution < -0.4 is 10.6 Å². The largest absolute Gasteiger partial charge is 0.506 e. The number of aromatic carboxylic acids is 1. The molecule has 1 aromatic heterocycles. The number of carbonyl (C=O) groups is 2. The predicted molar refractivity (Wildman–Crippen MR) is 71.9 cm³/mol. The number of phenols is 1. The number of aryl methyl sites for hydroxylation is 1. The molecule has 0 bridgehead atoms. The molecule has 110 valence electrons. The number of benzene rings is 1. The first kappa shape index (κ1) is 14.3. The van der Waals surface area contributed by atoms with Gasteiger partial charge < -0.3 is 20.8 Å². The van der Waals surface area contributed by atoms with Crippen molar-refractivity contribution < 1.29 is 19.8 Å². The van der Waals surface area contributed by atoms with E-state index in [2.05, 4.69) is 20.7 Å². The number of carbonyl (C=O) groups excluding carboxylic acids is 1. The van der Waals surface area contributed by atoms with Crippen molar-refractivity contribution in [2.24, 2.45) is 7.05 Å². The van der Waals surface area contributed by atoms with E-state index in [-0.39, 0.29) is 23.5 Å². The third-order valence-corrected chi connectivity index (χ3v) is 2.55. The normalized spacial score (nSPS) is 10.1. The number of hydrogen-bond donors (Lipinski definition) is 4. The van der Waals surface area contributed by atoms with Crippen LogP contribution in [-0.2, 0) is 13.6 Å². The Balaban J connectivity index is 1.94. The van der Waals surface area contributed by atoms with Crippen LogP contribution in [0.2, 0.25) is 0 Å². The molecule has 2 aromatic rings. The van der Waals surface area contributed by atoms with Gasteiger partial charge in [0.1, 0.15) is 12.1 Å². The minimum Gasteiger partial charge on any atom is -0.506 e. The third-order valence-electron chi connectivity index (χ3n) is 2.55. The molecular weight excluding hydrogens is 278 g/mol. The monoisotopic (exact) mass is 291 g/mol. The van der Waals surface area contributed by atoms with Crippen LogP contribution in [0, 0.1) is 0 Å². The smallest absolute Gasteiger partial charge is 0.335 e. The van der Waals surface area contributed by atoms with Crippen molar-refractivity contribution in [2.75, 3.05) is 5.32 Å². The van der Waals surface area contributed by atoms with Crippen molar-refractivity contribution >= 4 is 17.7 Å². The van der Waals surface area contributed by atoms with Gasteiger partial charge in [0.05, 0.1) is 17.8 Å². The fourth-order valence-corrected chi connectivity index (χ4v) is 1.56. The van der Waals surface area contributed by atoms with Crippen LogP contribution in [0.15, 0.2) is 24.5 Å². The number of aromatic nitrogens is 3. The van der Waals surface area contributed by atoms with Gasteiger partial charge in [0.15, 0.2) is 5.82 Å². The van der Waals surface area contributed by atoms with Crippen LogP contribution in [0.3, 0.4) is 0 Å². The van der Waals surface area contributed by atoms with Crippen LogP contribution in [0.1, 0.15) is 16.2 Å². The molecule has 0 aliphatic rings. The highest BCUT2D eigenvalue weighted by atomic mass is 16.4. The summed E-state index contributed by atoms with van der Waals surface area (Å²) in [5, 5.41) is 27.3. The number of urea groups is 1. The quantitative estimate of drug-likeness (QED) is 0.608. The van der Waals surface area contributed by atoms with E-state index in [9.17, 15) is 14.7 Å². The lowest BCUT2D eigenvalue weighted by Gasteiger charge is -2.08. The maximum absolute atomic E-state index is 11.7. The number of carboxylic acid groups (broad SMARTS) is 1. The molecule has 1 aromatic carbocycles. The Kier molecular flexibility index (Phi) is 4.02. The molecule has 0 unspecified atom stereocenters. The number of anilines is 1. The number of carboxylic acids is 1. The van der Waals surface area contributed by atoms with Gasteiger partial charge in [-0.1, -0.05) is 0 Å². The maximum atomic E-state index is 11.7. The SMILES string of the molecule is Cn1cnc(CNC(=O)Nc2ccc(C(=O)O)cc2O)n1. The number of aromatic hydroxyl groups is 1. The fourth-order valence-electron chi connectivity index (χ4n) is 1.56. The number of rotatable bonds is 4. The summed E-state index contributed by atoms with van der Waals surface area (Å²) in [6, 6.07) is 3.06. The van der Waals surface area contributed by atoms with E-state index in [0.717, 1.165) is 6.07 Å². The van der Waals surface area contributed by atoms with Gasteiger partial charge in [-0.2, -0.15) is 5.10 Å². The molecule has 9 heteroatoms. The molecule has 4 N–H and O–H groups in total. The second kappa shape index (κ2) is 5.90. The zero-order valence-corrected chi connectivity index (χ0v) is 11.1. The Morgan fingerprint density at radius 1 is 1.38 bits per heavy atom. The Morgan fingerprint density at radius 3 is 2.71 bits per heavy atom. The Hall–Kier alpha value is -3.10. The highest BCUT2D eigenvalue weighted by molar-refractivity contribution is 5.93. The molecule has 0 aliphatic heterocycles. The van der Waals surface area contributed by atoms with Crippen molar-refractivity contribution in [3.05, 3.63) is 35.9 Å². The summed E-state index contributed by atoms with van der Waals surface area (Å²) in [7, 11) is 1.71. The molecule has 9 nitrogen and oxygen atoms in total. The molecule has 1 heterocycles. The molecule has 2 rings (SSSR count). The summed E-state index contributed by atoms with van der Waals surface area (Å²) in [5.41, 5.74) is 0.0302. The minimum atomic E-state index is -1.16. The van der Waals surface area contributed by atoms with Gasteiger partial charge in [0.2, 0.25) is 0 Å². The Morgan fingerprint density at radius 2 is 2.14 bits per heavy atom. The van der Waals surface area contributed by atoms with E-state index >= 15 is 0 Å². The van der Waals surface area contributed by atoms with Gasteiger partial charge >= 0.3 is 12.0 Å². The molecule has 0 aliphatic carbocycles. The Labute approximate surface area is 119 Å². The van der Waals surface area contributed by atoms with Gasteiger partial charge in [-0.15, -0.1) is 0 Å². The highest BCUT2D eigenvalue weighted by Crippen LogP contribution is 2.24. The molecule has 0 fully saturated rings. The van der Waals surface area contributed by atoms with Crippen LogP contribution >= 0.6 is 0 Å². The molecule has 21 heavy (non-hydrogen) atoms. The summed E-state index contributed by atoms with van der Waals surface area (Å²) < 4.78 is 1.51. The van der Waals surface area contributed by atoms with E-state index in [1.54, 1.807) is 7.05 Å². The first-order chi connectivity index (χ1) is 9.95. The lowest BCUT2D eigenvalue weighted by molar-refractivity contribution is 0.0696. The summed E-state index contributed by atoms with van der Waals surface area (Å²) in [6.07, 6.45) is 1.51. The molecule has 0 spiro atoms. The maximum Gasteiger partial charge on any atom is 0.335 e. The number of nitrogens with one attached hydrogen (secondary N) is 2. The minimum absolute atomic E-state index is 0.0730. The lowest BCUT2D eigenvalue weighted by Crippen LogP contribution is -2.28. The molecule has 0 saturated heterocycles. The lowest BCUT2D eigenvalue weighted by atomic mass is 10.2. The first-order valence-electron chi connectivity index (χ1n) is 5.91. The van der Waals surface area contributed by atoms with Crippen molar-refractivity contribution in [3.63, 3.8) is 0 Å². The number of nitrogens with zero attached hydrogens (tertiary/aromatic N) is 3. The predicted octanol–water partition coefficient (Wildman–Crippen LogP) is 0.541. The summed E-state index contributed by atoms with van der Waals surface area (Å²) in [4.78, 5) is 26.3. The van der Waals surface area contributed by atoms with Crippen LogP contribution in [0.5, 0.6) is 5.75 Å². The van der Waals surface area contributed by atoms with E-state index in [0.29, 0.717) is 5.82 Å². The van der Waals surface area contributed by atoms with Crippen molar-refractivity contribution in [3.8, 4) is 5.75 Å². The average Bonchev–Trinajstić information content (AvgIpc) is 2.84. The summed E-state index contributed by atoms with van der Waals surface area (Å²) >= 11 is 0. The third kappa shape index (κ3) is 3.69. The topological polar surface area (TPSA) is 129 Å². The van der Waals surface area contributed by atoms with E-state index < -0.39 is 12.0 Å². The van der Waals surface area contributed by atoms with E-state index in [1.165, 1.54) is 23.1 Å². The highest BCUT2D eigenvalue weighted by Gasteiger charge is 2.10. The molecule has 0 saturated carbocycles.